The van der Waals surface area contributed by atoms with E-state index in [-0.39, 0.29) is 24.3 Å². The highest BCUT2D eigenvalue weighted by Gasteiger charge is 2.29. The number of ether oxygens (including phenoxy) is 2. The summed E-state index contributed by atoms with van der Waals surface area (Å²) in [5.41, 5.74) is 17.9. The molecule has 5 N–H and O–H groups in total. The van der Waals surface area contributed by atoms with E-state index in [9.17, 15) is 4.79 Å². The van der Waals surface area contributed by atoms with Crippen molar-refractivity contribution in [3.63, 3.8) is 0 Å². The van der Waals surface area contributed by atoms with Gasteiger partial charge >= 0.3 is 6.03 Å². The highest BCUT2D eigenvalue weighted by Crippen LogP contribution is 2.39. The molecule has 2 aliphatic carbocycles. The van der Waals surface area contributed by atoms with E-state index in [2.05, 4.69) is 37.8 Å². The molecule has 232 valence electrons. The topological polar surface area (TPSA) is 160 Å². The molecule has 0 aliphatic heterocycles. The summed E-state index contributed by atoms with van der Waals surface area (Å²) in [6, 6.07) is 23.0. The first kappa shape index (κ1) is 30.3. The fraction of sp³-hybridized carbons (Fsp3) is 0.242. The summed E-state index contributed by atoms with van der Waals surface area (Å²) in [6.07, 6.45) is 6.82. The number of nitrogens with one attached hydrogen (secondary N) is 1. The largest absolute Gasteiger partial charge is 0.484 e. The second-order valence-electron chi connectivity index (χ2n) is 11.6. The number of nitrogens with two attached hydrogens (primary N) is 2. The van der Waals surface area contributed by atoms with Gasteiger partial charge in [-0.25, -0.2) is 4.79 Å². The molecule has 4 aromatic heterocycles. The van der Waals surface area contributed by atoms with E-state index >= 15 is 0 Å². The molecule has 14 heteroatoms. The van der Waals surface area contributed by atoms with Crippen molar-refractivity contribution in [3.8, 4) is 11.5 Å². The zero-order valence-corrected chi connectivity index (χ0v) is 25.4. The lowest BCUT2D eigenvalue weighted by Crippen LogP contribution is -2.36. The average molecular weight is 623 g/mol. The molecule has 8 rings (SSSR count). The lowest BCUT2D eigenvalue weighted by molar-refractivity contribution is 0.171. The number of carbonyl (C=O) groups is 1. The Morgan fingerprint density at radius 3 is 1.72 bits per heavy atom. The standard InChI is InChI=1S/C17H16BN5O2.C16H15BN4O/c18-16-22-21-15-8-5-10(9-23(15)16)25-14-7-6-13(20-17(19)24)11-3-1-2-4-12(11)14;17-16-20-19-15-8-5-10(9-21(15)16)22-14-7-6-13(18)11-3-1-2-4-12(11)14/h1-5,8-9,13-14H,6-7H2,(H3,19,20,24);1-5,8-9,13-14H,6-7,18H2/t2*13-,14+/m00/s1. The Morgan fingerprint density at radius 2 is 1.17 bits per heavy atom. The van der Waals surface area contributed by atoms with Crippen molar-refractivity contribution in [1.82, 2.24) is 34.5 Å². The second-order valence-corrected chi connectivity index (χ2v) is 11.6. The Labute approximate surface area is 273 Å². The number of benzene rings is 2. The van der Waals surface area contributed by atoms with Crippen LogP contribution in [0.4, 0.5) is 4.79 Å². The zero-order valence-electron chi connectivity index (χ0n) is 25.4. The minimum atomic E-state index is -0.521. The van der Waals surface area contributed by atoms with Gasteiger partial charge in [-0.1, -0.05) is 48.5 Å². The van der Waals surface area contributed by atoms with Gasteiger partial charge in [-0.05, 0) is 72.2 Å². The maximum Gasteiger partial charge on any atom is 0.312 e. The smallest absolute Gasteiger partial charge is 0.312 e. The summed E-state index contributed by atoms with van der Waals surface area (Å²) in [5.74, 6) is 1.43. The molecule has 4 radical (unpaired) electrons. The zero-order chi connectivity index (χ0) is 32.5. The third-order valence-corrected chi connectivity index (χ3v) is 8.59. The number of nitrogens with zero attached hydrogens (tertiary/aromatic N) is 6. The third kappa shape index (κ3) is 6.24. The highest BCUT2D eigenvalue weighted by atomic mass is 16.5. The molecule has 0 unspecified atom stereocenters. The molecule has 2 aliphatic rings. The first-order valence-electron chi connectivity index (χ1n) is 15.4. The Kier molecular flexibility index (Phi) is 8.25. The number of pyridine rings is 2. The molecule has 0 bridgehead atoms. The normalized spacial score (nSPS) is 20.0. The Morgan fingerprint density at radius 1 is 0.681 bits per heavy atom. The minimum absolute atomic E-state index is 0.00570. The number of hydrogen-bond donors (Lipinski definition) is 3. The van der Waals surface area contributed by atoms with E-state index in [0.717, 1.165) is 48.1 Å². The van der Waals surface area contributed by atoms with E-state index in [0.29, 0.717) is 28.5 Å². The monoisotopic (exact) mass is 623 g/mol. The van der Waals surface area contributed by atoms with Crippen LogP contribution in [0.3, 0.4) is 0 Å². The Hall–Kier alpha value is -5.36. The third-order valence-electron chi connectivity index (χ3n) is 8.59. The van der Waals surface area contributed by atoms with Crippen molar-refractivity contribution in [2.75, 3.05) is 0 Å². The first-order chi connectivity index (χ1) is 22.8. The lowest BCUT2D eigenvalue weighted by atomic mass is 9.85. The molecule has 2 amide bonds. The molecular formula is C33H31B2N9O3. The lowest BCUT2D eigenvalue weighted by Gasteiger charge is -2.32. The number of urea groups is 1. The average Bonchev–Trinajstić information content (AvgIpc) is 3.65. The molecule has 47 heavy (non-hydrogen) atoms. The fourth-order valence-electron chi connectivity index (χ4n) is 6.35. The number of carbonyl (C=O) groups excluding carboxylic acids is 1. The number of aromatic nitrogens is 6. The van der Waals surface area contributed by atoms with Gasteiger partial charge in [0.25, 0.3) is 0 Å². The van der Waals surface area contributed by atoms with Gasteiger partial charge in [-0.15, -0.1) is 20.4 Å². The van der Waals surface area contributed by atoms with E-state index in [4.69, 9.17) is 36.6 Å². The van der Waals surface area contributed by atoms with Crippen LogP contribution in [0.15, 0.2) is 85.2 Å². The summed E-state index contributed by atoms with van der Waals surface area (Å²) >= 11 is 0. The predicted molar refractivity (Wildman–Crippen MR) is 177 cm³/mol. The first-order valence-corrected chi connectivity index (χ1v) is 15.4. The van der Waals surface area contributed by atoms with E-state index in [1.165, 1.54) is 5.56 Å². The van der Waals surface area contributed by atoms with Crippen LogP contribution < -0.4 is 37.7 Å². The molecular weight excluding hydrogens is 592 g/mol. The van der Waals surface area contributed by atoms with Gasteiger partial charge in [-0.2, -0.15) is 0 Å². The van der Waals surface area contributed by atoms with Gasteiger partial charge in [-0.3, -0.25) is 8.80 Å². The van der Waals surface area contributed by atoms with Crippen molar-refractivity contribution in [1.29, 1.82) is 0 Å². The molecule has 0 spiro atoms. The van der Waals surface area contributed by atoms with Crippen molar-refractivity contribution < 1.29 is 14.3 Å². The van der Waals surface area contributed by atoms with Crippen LogP contribution in [0.5, 0.6) is 11.5 Å². The Balaban J connectivity index is 0.000000151. The van der Waals surface area contributed by atoms with E-state index in [1.54, 1.807) is 15.0 Å². The van der Waals surface area contributed by atoms with Crippen LogP contribution in [0.1, 0.15) is 72.2 Å². The summed E-state index contributed by atoms with van der Waals surface area (Å²) in [4.78, 5) is 11.2. The molecule has 4 atom stereocenters. The summed E-state index contributed by atoms with van der Waals surface area (Å²) < 4.78 is 15.8. The number of rotatable bonds is 5. The van der Waals surface area contributed by atoms with Crippen LogP contribution in [-0.2, 0) is 0 Å². The van der Waals surface area contributed by atoms with Crippen LogP contribution in [-0.4, -0.2) is 50.9 Å². The van der Waals surface area contributed by atoms with Gasteiger partial charge in [0.1, 0.15) is 23.7 Å². The SMILES string of the molecule is [B]c1nnc2ccc(O[C@@H]3CC[C@H](N)c4ccccc43)cn12.[B]c1nnc2ccc(O[C@@H]3CC[C@H](NC(N)=O)c4ccccc43)cn12. The highest BCUT2D eigenvalue weighted by molar-refractivity contribution is 6.29. The maximum atomic E-state index is 11.2. The Bertz CT molecular complexity index is 2070. The van der Waals surface area contributed by atoms with Crippen LogP contribution in [0, 0.1) is 0 Å². The molecule has 0 saturated carbocycles. The fourth-order valence-corrected chi connectivity index (χ4v) is 6.35. The van der Waals surface area contributed by atoms with E-state index < -0.39 is 6.03 Å². The van der Waals surface area contributed by atoms with Crippen molar-refractivity contribution in [3.05, 3.63) is 107 Å². The number of primary amides is 1. The van der Waals surface area contributed by atoms with Gasteiger partial charge < -0.3 is 26.3 Å². The van der Waals surface area contributed by atoms with E-state index in [1.807, 2.05) is 66.9 Å². The van der Waals surface area contributed by atoms with Crippen LogP contribution in [0.2, 0.25) is 0 Å². The molecule has 0 saturated heterocycles. The van der Waals surface area contributed by atoms with Crippen LogP contribution >= 0.6 is 0 Å². The number of amides is 2. The number of fused-ring (bicyclic) bond motifs is 4. The molecule has 6 aromatic rings. The quantitative estimate of drug-likeness (QED) is 0.247. The second kappa shape index (κ2) is 12.8. The molecule has 12 nitrogen and oxygen atoms in total. The van der Waals surface area contributed by atoms with Crippen LogP contribution in [0.25, 0.3) is 11.3 Å². The van der Waals surface area contributed by atoms with Crippen molar-refractivity contribution >= 4 is 44.5 Å². The van der Waals surface area contributed by atoms with Gasteiger partial charge in [0.2, 0.25) is 0 Å². The predicted octanol–water partition coefficient (Wildman–Crippen LogP) is 2.58. The van der Waals surface area contributed by atoms with Crippen molar-refractivity contribution in [2.24, 2.45) is 11.5 Å². The summed E-state index contributed by atoms with van der Waals surface area (Å²) in [5, 5.41) is 18.4. The molecule has 2 aromatic carbocycles. The van der Waals surface area contributed by atoms with Gasteiger partial charge in [0.05, 0.1) is 29.9 Å². The van der Waals surface area contributed by atoms with Gasteiger partial charge in [0.15, 0.2) is 27.0 Å². The summed E-state index contributed by atoms with van der Waals surface area (Å²) in [6.45, 7) is 0. The van der Waals surface area contributed by atoms with Gasteiger partial charge in [0, 0.05) is 6.04 Å². The maximum absolute atomic E-state index is 11.2. The molecule has 0 fully saturated rings. The van der Waals surface area contributed by atoms with Crippen molar-refractivity contribution in [2.45, 2.75) is 50.0 Å². The minimum Gasteiger partial charge on any atom is -0.484 e. The summed E-state index contributed by atoms with van der Waals surface area (Å²) in [7, 11) is 11.6. The molecule has 4 heterocycles. The number of hydrogen-bond acceptors (Lipinski definition) is 8.